The molecule has 0 saturated carbocycles. The minimum absolute atomic E-state index is 0.0991. The smallest absolute Gasteiger partial charge is 0.255 e. The van der Waals surface area contributed by atoms with Crippen LogP contribution in [0.5, 0.6) is 0 Å². The van der Waals surface area contributed by atoms with Gasteiger partial charge in [-0.1, -0.05) is 6.07 Å². The molecule has 32 heavy (non-hydrogen) atoms. The van der Waals surface area contributed by atoms with Crippen molar-refractivity contribution in [3.63, 3.8) is 0 Å². The number of aromatic amines is 1. The Labute approximate surface area is 184 Å². The predicted molar refractivity (Wildman–Crippen MR) is 118 cm³/mol. The van der Waals surface area contributed by atoms with Gasteiger partial charge in [-0.25, -0.2) is 13.8 Å². The van der Waals surface area contributed by atoms with Gasteiger partial charge < -0.3 is 4.98 Å². The Kier molecular flexibility index (Phi) is 5.61. The molecular formula is C24H23F2N5O. The average Bonchev–Trinajstić information content (AvgIpc) is 2.82. The predicted octanol–water partition coefficient (Wildman–Crippen LogP) is 3.64. The number of aromatic nitrogens is 3. The van der Waals surface area contributed by atoms with E-state index in [4.69, 9.17) is 4.98 Å². The molecule has 1 N–H and O–H groups in total. The van der Waals surface area contributed by atoms with Crippen LogP contribution in [0.25, 0.3) is 11.3 Å². The van der Waals surface area contributed by atoms with Gasteiger partial charge in [-0.2, -0.15) is 0 Å². The van der Waals surface area contributed by atoms with Crippen molar-refractivity contribution in [3.8, 4) is 11.3 Å². The van der Waals surface area contributed by atoms with Crippen molar-refractivity contribution in [3.05, 3.63) is 81.2 Å². The minimum atomic E-state index is -0.510. The second-order valence-electron chi connectivity index (χ2n) is 8.26. The summed E-state index contributed by atoms with van der Waals surface area (Å²) in [6.07, 6.45) is 5.38. The molecule has 0 bridgehead atoms. The Morgan fingerprint density at radius 3 is 2.78 bits per heavy atom. The van der Waals surface area contributed by atoms with Gasteiger partial charge >= 0.3 is 0 Å². The van der Waals surface area contributed by atoms with E-state index in [0.717, 1.165) is 67.5 Å². The first-order valence-corrected chi connectivity index (χ1v) is 10.9. The van der Waals surface area contributed by atoms with E-state index in [0.29, 0.717) is 36.6 Å². The highest BCUT2D eigenvalue weighted by molar-refractivity contribution is 5.97. The normalized spacial score (nSPS) is 16.5. The monoisotopic (exact) mass is 435 g/mol. The molecule has 164 valence electrons. The summed E-state index contributed by atoms with van der Waals surface area (Å²) in [5, 5.41) is 0. The fraction of sp³-hybridized carbons (Fsp3) is 0.333. The highest BCUT2D eigenvalue weighted by Crippen LogP contribution is 2.23. The number of halogens is 2. The summed E-state index contributed by atoms with van der Waals surface area (Å²) < 4.78 is 27.5. The Morgan fingerprint density at radius 1 is 1.09 bits per heavy atom. The van der Waals surface area contributed by atoms with Gasteiger partial charge in [0.05, 0.1) is 22.7 Å². The fourth-order valence-electron chi connectivity index (χ4n) is 4.27. The van der Waals surface area contributed by atoms with E-state index in [1.54, 1.807) is 12.3 Å². The quantitative estimate of drug-likeness (QED) is 0.679. The molecule has 2 aliphatic heterocycles. The number of pyridine rings is 1. The molecule has 4 heterocycles. The minimum Gasteiger partial charge on any atom is -0.305 e. The zero-order valence-electron chi connectivity index (χ0n) is 17.6. The topological polar surface area (TPSA) is 74.2 Å². The largest absolute Gasteiger partial charge is 0.305 e. The molecule has 0 radical (unpaired) electrons. The summed E-state index contributed by atoms with van der Waals surface area (Å²) in [5.41, 5.74) is 3.81. The van der Waals surface area contributed by atoms with Crippen LogP contribution in [0.4, 0.5) is 8.78 Å². The van der Waals surface area contributed by atoms with Crippen molar-refractivity contribution in [2.75, 3.05) is 13.1 Å². The van der Waals surface area contributed by atoms with Gasteiger partial charge in [-0.3, -0.25) is 19.7 Å². The molecule has 5 rings (SSSR count). The molecule has 0 spiro atoms. The molecular weight excluding hydrogens is 412 g/mol. The molecule has 3 aromatic rings. The van der Waals surface area contributed by atoms with Gasteiger partial charge in [0.1, 0.15) is 11.6 Å². The summed E-state index contributed by atoms with van der Waals surface area (Å²) in [4.78, 5) is 31.4. The summed E-state index contributed by atoms with van der Waals surface area (Å²) in [6, 6.07) is 6.88. The maximum atomic E-state index is 14.0. The lowest BCUT2D eigenvalue weighted by Crippen LogP contribution is -2.36. The van der Waals surface area contributed by atoms with Gasteiger partial charge in [0.25, 0.3) is 5.56 Å². The number of rotatable bonds is 4. The number of aliphatic imine (C=N–C) groups is 1. The average molecular weight is 435 g/mol. The van der Waals surface area contributed by atoms with Gasteiger partial charge in [-0.15, -0.1) is 0 Å². The summed E-state index contributed by atoms with van der Waals surface area (Å²) >= 11 is 0. The Hall–Kier alpha value is -3.26. The van der Waals surface area contributed by atoms with Crippen LogP contribution in [-0.2, 0) is 19.5 Å². The first-order chi connectivity index (χ1) is 15.6. The van der Waals surface area contributed by atoms with Gasteiger partial charge in [0.15, 0.2) is 5.82 Å². The number of fused-ring (bicyclic) bond motifs is 1. The zero-order valence-corrected chi connectivity index (χ0v) is 17.6. The van der Waals surface area contributed by atoms with E-state index < -0.39 is 11.6 Å². The van der Waals surface area contributed by atoms with Crippen LogP contribution in [0.3, 0.4) is 0 Å². The zero-order chi connectivity index (χ0) is 22.1. The van der Waals surface area contributed by atoms with Crippen molar-refractivity contribution in [2.45, 2.75) is 38.8 Å². The van der Waals surface area contributed by atoms with E-state index >= 15 is 0 Å². The third-order valence-corrected chi connectivity index (χ3v) is 5.98. The van der Waals surface area contributed by atoms with Gasteiger partial charge in [0.2, 0.25) is 0 Å². The van der Waals surface area contributed by atoms with E-state index in [2.05, 4.69) is 19.9 Å². The maximum Gasteiger partial charge on any atom is 0.255 e. The SMILES string of the molecule is O=c1[nH]c(C2=NCCCC2)nc2c1CN(Cc1ccc(-c3cc(F)ccc3F)nc1)CC2. The van der Waals surface area contributed by atoms with Crippen LogP contribution >= 0.6 is 0 Å². The second kappa shape index (κ2) is 8.70. The van der Waals surface area contributed by atoms with Crippen LogP contribution in [0.15, 0.2) is 46.3 Å². The van der Waals surface area contributed by atoms with E-state index in [1.165, 1.54) is 0 Å². The van der Waals surface area contributed by atoms with Crippen LogP contribution in [-0.4, -0.2) is 38.7 Å². The Morgan fingerprint density at radius 2 is 2.00 bits per heavy atom. The third kappa shape index (κ3) is 4.23. The number of benzene rings is 1. The van der Waals surface area contributed by atoms with Crippen molar-refractivity contribution in [1.29, 1.82) is 0 Å². The van der Waals surface area contributed by atoms with Crippen molar-refractivity contribution >= 4 is 5.71 Å². The summed E-state index contributed by atoms with van der Waals surface area (Å²) in [5.74, 6) is -0.396. The summed E-state index contributed by atoms with van der Waals surface area (Å²) in [6.45, 7) is 2.68. The summed E-state index contributed by atoms with van der Waals surface area (Å²) in [7, 11) is 0. The molecule has 0 fully saturated rings. The molecule has 1 aromatic carbocycles. The van der Waals surface area contributed by atoms with Crippen LogP contribution in [0.1, 0.15) is 41.9 Å². The molecule has 0 saturated heterocycles. The number of H-pyrrole nitrogens is 1. The number of hydrogen-bond donors (Lipinski definition) is 1. The standard InChI is InChI=1S/C24H23F2N5O/c25-16-5-6-19(26)17(11-16)20-7-4-15(12-28-20)13-31-10-8-21-18(14-31)24(32)30-23(29-21)22-3-1-2-9-27-22/h4-7,11-12H,1-3,8-10,13-14H2,(H,29,30,32). The molecule has 0 unspecified atom stereocenters. The van der Waals surface area contributed by atoms with E-state index in [1.807, 2.05) is 6.07 Å². The first-order valence-electron chi connectivity index (χ1n) is 10.9. The number of nitrogens with one attached hydrogen (secondary N) is 1. The lowest BCUT2D eigenvalue weighted by molar-refractivity contribution is 0.241. The van der Waals surface area contributed by atoms with Crippen molar-refractivity contribution < 1.29 is 8.78 Å². The third-order valence-electron chi connectivity index (χ3n) is 5.98. The van der Waals surface area contributed by atoms with Gasteiger partial charge in [0, 0.05) is 44.4 Å². The molecule has 2 aliphatic rings. The fourth-order valence-corrected chi connectivity index (χ4v) is 4.27. The van der Waals surface area contributed by atoms with Crippen molar-refractivity contribution in [1.82, 2.24) is 19.9 Å². The lowest BCUT2D eigenvalue weighted by atomic mass is 10.0. The maximum absolute atomic E-state index is 14.0. The molecule has 0 aliphatic carbocycles. The van der Waals surface area contributed by atoms with Crippen molar-refractivity contribution in [2.24, 2.45) is 4.99 Å². The second-order valence-corrected chi connectivity index (χ2v) is 8.26. The number of nitrogens with zero attached hydrogens (tertiary/aromatic N) is 4. The van der Waals surface area contributed by atoms with E-state index in [-0.39, 0.29) is 11.1 Å². The number of hydrogen-bond acceptors (Lipinski definition) is 5. The molecule has 8 heteroatoms. The molecule has 2 aromatic heterocycles. The molecule has 0 atom stereocenters. The van der Waals surface area contributed by atoms with Crippen LogP contribution in [0, 0.1) is 11.6 Å². The Bertz CT molecular complexity index is 1240. The lowest BCUT2D eigenvalue weighted by Gasteiger charge is -2.27. The highest BCUT2D eigenvalue weighted by Gasteiger charge is 2.23. The van der Waals surface area contributed by atoms with Crippen LogP contribution < -0.4 is 5.56 Å². The van der Waals surface area contributed by atoms with E-state index in [9.17, 15) is 13.6 Å². The highest BCUT2D eigenvalue weighted by atomic mass is 19.1. The Balaban J connectivity index is 1.31. The molecule has 6 nitrogen and oxygen atoms in total. The first kappa shape index (κ1) is 20.6. The molecule has 0 amide bonds. The van der Waals surface area contributed by atoms with Crippen LogP contribution in [0.2, 0.25) is 0 Å². The van der Waals surface area contributed by atoms with Gasteiger partial charge in [-0.05, 0) is 49.1 Å².